The summed E-state index contributed by atoms with van der Waals surface area (Å²) in [5.74, 6) is -0.325. The van der Waals surface area contributed by atoms with Gasteiger partial charge in [0.2, 0.25) is 5.91 Å². The van der Waals surface area contributed by atoms with Gasteiger partial charge in [0.05, 0.1) is 6.04 Å². The van der Waals surface area contributed by atoms with Gasteiger partial charge in [0.25, 0.3) is 0 Å². The van der Waals surface area contributed by atoms with Crippen LogP contribution < -0.4 is 10.6 Å². The maximum atomic E-state index is 13.1. The highest BCUT2D eigenvalue weighted by atomic mass is 19.1. The van der Waals surface area contributed by atoms with E-state index in [4.69, 9.17) is 0 Å². The topological polar surface area (TPSA) is 41.1 Å². The number of hydrogen-bond acceptors (Lipinski definition) is 2. The molecule has 2 atom stereocenters. The molecule has 19 heavy (non-hydrogen) atoms. The number of carbonyl (C=O) groups is 1. The molecule has 0 aliphatic heterocycles. The molecule has 0 saturated carbocycles. The summed E-state index contributed by atoms with van der Waals surface area (Å²) in [6, 6.07) is 5.98. The molecule has 1 amide bonds. The van der Waals surface area contributed by atoms with Crippen molar-refractivity contribution in [3.63, 3.8) is 0 Å². The first-order valence-corrected chi connectivity index (χ1v) is 6.52. The van der Waals surface area contributed by atoms with E-state index in [9.17, 15) is 9.18 Å². The van der Waals surface area contributed by atoms with Crippen LogP contribution in [0, 0.1) is 5.82 Å². The minimum Gasteiger partial charge on any atom is -0.350 e. The summed E-state index contributed by atoms with van der Waals surface area (Å²) in [5, 5.41) is 6.08. The minimum atomic E-state index is -0.336. The maximum Gasteiger partial charge on any atom is 0.237 e. The molecule has 106 valence electrons. The minimum absolute atomic E-state index is 0.0595. The summed E-state index contributed by atoms with van der Waals surface area (Å²) in [4.78, 5) is 11.9. The smallest absolute Gasteiger partial charge is 0.237 e. The van der Waals surface area contributed by atoms with E-state index in [1.807, 2.05) is 33.8 Å². The quantitative estimate of drug-likeness (QED) is 0.880. The van der Waals surface area contributed by atoms with Gasteiger partial charge >= 0.3 is 0 Å². The van der Waals surface area contributed by atoms with Crippen molar-refractivity contribution in [2.75, 3.05) is 0 Å². The largest absolute Gasteiger partial charge is 0.350 e. The fourth-order valence-corrected chi connectivity index (χ4v) is 1.80. The van der Waals surface area contributed by atoms with Gasteiger partial charge in [-0.15, -0.1) is 0 Å². The zero-order valence-electron chi connectivity index (χ0n) is 12.3. The highest BCUT2D eigenvalue weighted by molar-refractivity contribution is 5.81. The molecule has 0 saturated heterocycles. The molecule has 0 aromatic heterocycles. The molecule has 0 fully saturated rings. The lowest BCUT2D eigenvalue weighted by Gasteiger charge is -2.25. The molecule has 2 N–H and O–H groups in total. The zero-order valence-corrected chi connectivity index (χ0v) is 12.3. The van der Waals surface area contributed by atoms with E-state index in [-0.39, 0.29) is 29.3 Å². The van der Waals surface area contributed by atoms with Crippen LogP contribution in [-0.2, 0) is 4.79 Å². The number of benzene rings is 1. The molecule has 2 unspecified atom stereocenters. The van der Waals surface area contributed by atoms with Crippen molar-refractivity contribution in [3.05, 3.63) is 35.6 Å². The van der Waals surface area contributed by atoms with Gasteiger partial charge in [-0.25, -0.2) is 4.39 Å². The summed E-state index contributed by atoms with van der Waals surface area (Å²) < 4.78 is 13.1. The molecule has 0 aliphatic rings. The fraction of sp³-hybridized carbons (Fsp3) is 0.533. The van der Waals surface area contributed by atoms with E-state index in [1.54, 1.807) is 13.0 Å². The van der Waals surface area contributed by atoms with E-state index in [0.717, 1.165) is 5.56 Å². The van der Waals surface area contributed by atoms with Gasteiger partial charge in [0, 0.05) is 11.6 Å². The Bertz CT molecular complexity index is 440. The average Bonchev–Trinajstić information content (AvgIpc) is 2.26. The fourth-order valence-electron chi connectivity index (χ4n) is 1.80. The summed E-state index contributed by atoms with van der Waals surface area (Å²) in [6.45, 7) is 9.53. The van der Waals surface area contributed by atoms with Crippen LogP contribution in [0.5, 0.6) is 0 Å². The van der Waals surface area contributed by atoms with E-state index >= 15 is 0 Å². The predicted molar refractivity (Wildman–Crippen MR) is 75.3 cm³/mol. The molecule has 0 bridgehead atoms. The van der Waals surface area contributed by atoms with Crippen molar-refractivity contribution < 1.29 is 9.18 Å². The van der Waals surface area contributed by atoms with E-state index < -0.39 is 0 Å². The second-order valence-corrected chi connectivity index (χ2v) is 5.90. The van der Waals surface area contributed by atoms with Crippen LogP contribution in [0.1, 0.15) is 46.2 Å². The Morgan fingerprint density at radius 3 is 2.42 bits per heavy atom. The predicted octanol–water partition coefficient (Wildman–Crippen LogP) is 2.78. The third-order valence-electron chi connectivity index (χ3n) is 2.74. The van der Waals surface area contributed by atoms with Gasteiger partial charge < -0.3 is 5.32 Å². The Kier molecular flexibility index (Phi) is 5.06. The van der Waals surface area contributed by atoms with Crippen LogP contribution in [0.25, 0.3) is 0 Å². The molecule has 1 aromatic carbocycles. The number of hydrogen-bond donors (Lipinski definition) is 2. The van der Waals surface area contributed by atoms with E-state index in [2.05, 4.69) is 10.6 Å². The van der Waals surface area contributed by atoms with E-state index in [0.29, 0.717) is 0 Å². The third-order valence-corrected chi connectivity index (χ3v) is 2.74. The van der Waals surface area contributed by atoms with Crippen molar-refractivity contribution in [2.45, 2.75) is 52.2 Å². The van der Waals surface area contributed by atoms with Crippen LogP contribution >= 0.6 is 0 Å². The molecule has 3 nitrogen and oxygen atoms in total. The van der Waals surface area contributed by atoms with Gasteiger partial charge in [-0.05, 0) is 52.3 Å². The van der Waals surface area contributed by atoms with Crippen molar-refractivity contribution in [3.8, 4) is 0 Å². The SMILES string of the molecule is CC(NC(C)c1cccc(F)c1)C(=O)NC(C)(C)C. The van der Waals surface area contributed by atoms with Gasteiger partial charge in [0.15, 0.2) is 0 Å². The summed E-state index contributed by atoms with van der Waals surface area (Å²) in [7, 11) is 0. The Balaban J connectivity index is 2.61. The van der Waals surface area contributed by atoms with Crippen molar-refractivity contribution in [2.24, 2.45) is 0 Å². The van der Waals surface area contributed by atoms with Crippen molar-refractivity contribution in [1.29, 1.82) is 0 Å². The van der Waals surface area contributed by atoms with Crippen LogP contribution in [-0.4, -0.2) is 17.5 Å². The summed E-state index contributed by atoms with van der Waals surface area (Å²) in [5.41, 5.74) is 0.574. The first-order valence-electron chi connectivity index (χ1n) is 6.52. The maximum absolute atomic E-state index is 13.1. The first kappa shape index (κ1) is 15.6. The lowest BCUT2D eigenvalue weighted by atomic mass is 10.1. The Labute approximate surface area is 114 Å². The molecular formula is C15H23FN2O. The summed E-state index contributed by atoms with van der Waals surface area (Å²) >= 11 is 0. The average molecular weight is 266 g/mol. The van der Waals surface area contributed by atoms with Crippen LogP contribution in [0.4, 0.5) is 4.39 Å². The number of halogens is 1. The Morgan fingerprint density at radius 1 is 1.26 bits per heavy atom. The molecule has 0 heterocycles. The highest BCUT2D eigenvalue weighted by Gasteiger charge is 2.20. The van der Waals surface area contributed by atoms with Crippen molar-refractivity contribution in [1.82, 2.24) is 10.6 Å². The number of rotatable bonds is 4. The van der Waals surface area contributed by atoms with Gasteiger partial charge in [-0.1, -0.05) is 12.1 Å². The first-order chi connectivity index (χ1) is 8.69. The molecule has 0 radical (unpaired) electrons. The second kappa shape index (κ2) is 6.15. The zero-order chi connectivity index (χ0) is 14.6. The van der Waals surface area contributed by atoms with Crippen LogP contribution in [0.2, 0.25) is 0 Å². The van der Waals surface area contributed by atoms with Crippen molar-refractivity contribution >= 4 is 5.91 Å². The van der Waals surface area contributed by atoms with Gasteiger partial charge in [-0.2, -0.15) is 0 Å². The molecule has 0 aliphatic carbocycles. The second-order valence-electron chi connectivity index (χ2n) is 5.90. The standard InChI is InChI=1S/C15H23FN2O/c1-10(12-7-6-8-13(16)9-12)17-11(2)14(19)18-15(3,4)5/h6-11,17H,1-5H3,(H,18,19). The monoisotopic (exact) mass is 266 g/mol. The number of amides is 1. The molecule has 1 rings (SSSR count). The highest BCUT2D eigenvalue weighted by Crippen LogP contribution is 2.14. The normalized spacial score (nSPS) is 14.8. The molecule has 4 heteroatoms. The number of nitrogens with one attached hydrogen (secondary N) is 2. The lowest BCUT2D eigenvalue weighted by molar-refractivity contribution is -0.124. The lowest BCUT2D eigenvalue weighted by Crippen LogP contribution is -2.49. The Morgan fingerprint density at radius 2 is 1.89 bits per heavy atom. The Hall–Kier alpha value is -1.42. The molecule has 0 spiro atoms. The van der Waals surface area contributed by atoms with Crippen LogP contribution in [0.15, 0.2) is 24.3 Å². The summed E-state index contributed by atoms with van der Waals surface area (Å²) in [6.07, 6.45) is 0. The van der Waals surface area contributed by atoms with Gasteiger partial charge in [-0.3, -0.25) is 10.1 Å². The van der Waals surface area contributed by atoms with Crippen LogP contribution in [0.3, 0.4) is 0 Å². The molecule has 1 aromatic rings. The van der Waals surface area contributed by atoms with E-state index in [1.165, 1.54) is 12.1 Å². The van der Waals surface area contributed by atoms with Gasteiger partial charge in [0.1, 0.15) is 5.82 Å². The molecular weight excluding hydrogens is 243 g/mol. The third kappa shape index (κ3) is 5.39. The number of carbonyl (C=O) groups excluding carboxylic acids is 1.